The topological polar surface area (TPSA) is 36.2 Å². The minimum absolute atomic E-state index is 0.0176. The van der Waals surface area contributed by atoms with Crippen LogP contribution >= 0.6 is 15.9 Å². The van der Waals surface area contributed by atoms with Crippen molar-refractivity contribution in [3.05, 3.63) is 33.4 Å². The monoisotopic (exact) mass is 356 g/mol. The first kappa shape index (κ1) is 15.5. The van der Waals surface area contributed by atoms with Crippen LogP contribution in [0.15, 0.2) is 27.9 Å². The lowest BCUT2D eigenvalue weighted by molar-refractivity contribution is 0.0877. The van der Waals surface area contributed by atoms with Gasteiger partial charge < -0.3 is 13.9 Å². The molecular weight excluding hydrogens is 336 g/mol. The van der Waals surface area contributed by atoms with Gasteiger partial charge in [0, 0.05) is 50.2 Å². The van der Waals surface area contributed by atoms with E-state index < -0.39 is 8.07 Å². The first-order valence-corrected chi connectivity index (χ1v) is 11.2. The number of hydrogen-bond acceptors (Lipinski definition) is 2. The van der Waals surface area contributed by atoms with Gasteiger partial charge in [0.2, 0.25) is 0 Å². The lowest BCUT2D eigenvalue weighted by Gasteiger charge is -2.15. The largest absolute Gasteiger partial charge is 0.361 e. The lowest BCUT2D eigenvalue weighted by Crippen LogP contribution is -2.21. The van der Waals surface area contributed by atoms with Gasteiger partial charge in [0.15, 0.2) is 0 Å². The summed E-state index contributed by atoms with van der Waals surface area (Å²) in [7, 11) is 0.711. The average Bonchev–Trinajstić information content (AvgIpc) is 2.75. The molecule has 0 saturated heterocycles. The Morgan fingerprint density at radius 3 is 2.50 bits per heavy atom. The highest BCUT2D eigenvalue weighted by atomic mass is 79.9. The van der Waals surface area contributed by atoms with Crippen molar-refractivity contribution >= 4 is 34.8 Å². The van der Waals surface area contributed by atoms with Crippen molar-refractivity contribution in [3.8, 4) is 0 Å². The fraction of sp³-hybridized carbons (Fsp3) is 0.500. The Morgan fingerprint density at radius 2 is 1.85 bits per heavy atom. The average molecular weight is 357 g/mol. The molecule has 2 aromatic rings. The Hall–Kier alpha value is -0.853. The number of halogens is 1. The van der Waals surface area contributed by atoms with Crippen LogP contribution in [0.1, 0.15) is 0 Å². The molecule has 6 heteroatoms. The lowest BCUT2D eigenvalue weighted by atomic mass is 10.3. The normalized spacial score (nSPS) is 12.2. The Kier molecular flexibility index (Phi) is 4.56. The fourth-order valence-corrected chi connectivity index (χ4v) is 3.36. The molecule has 0 aliphatic rings. The zero-order valence-corrected chi connectivity index (χ0v) is 15.0. The van der Waals surface area contributed by atoms with Crippen LogP contribution in [0.3, 0.4) is 0 Å². The van der Waals surface area contributed by atoms with Crippen molar-refractivity contribution < 1.29 is 4.74 Å². The van der Waals surface area contributed by atoms with E-state index in [9.17, 15) is 4.79 Å². The third-order valence-electron chi connectivity index (χ3n) is 3.23. The van der Waals surface area contributed by atoms with E-state index in [-0.39, 0.29) is 5.56 Å². The molecular formula is C14H21BrN2O2Si. The van der Waals surface area contributed by atoms with Gasteiger partial charge in [-0.15, -0.1) is 0 Å². The second-order valence-electron chi connectivity index (χ2n) is 6.34. The summed E-state index contributed by atoms with van der Waals surface area (Å²) in [5.41, 5.74) is 0.0176. The molecule has 2 aromatic heterocycles. The highest BCUT2D eigenvalue weighted by Crippen LogP contribution is 2.21. The van der Waals surface area contributed by atoms with Crippen LogP contribution in [0.2, 0.25) is 25.7 Å². The van der Waals surface area contributed by atoms with Gasteiger partial charge in [0.25, 0.3) is 5.56 Å². The minimum Gasteiger partial charge on any atom is -0.361 e. The predicted molar refractivity (Wildman–Crippen MR) is 89.0 cm³/mol. The molecule has 0 aliphatic carbocycles. The van der Waals surface area contributed by atoms with Crippen LogP contribution in [0.5, 0.6) is 0 Å². The van der Waals surface area contributed by atoms with E-state index in [0.29, 0.717) is 6.73 Å². The highest BCUT2D eigenvalue weighted by molar-refractivity contribution is 9.10. The molecule has 0 saturated carbocycles. The molecule has 0 aromatic carbocycles. The number of rotatable bonds is 5. The highest BCUT2D eigenvalue weighted by Gasteiger charge is 2.12. The molecule has 0 spiro atoms. The minimum atomic E-state index is -1.05. The summed E-state index contributed by atoms with van der Waals surface area (Å²) in [5.74, 6) is 0. The van der Waals surface area contributed by atoms with Gasteiger partial charge in [-0.2, -0.15) is 0 Å². The van der Waals surface area contributed by atoms with Gasteiger partial charge in [0.1, 0.15) is 6.73 Å². The molecule has 0 fully saturated rings. The van der Waals surface area contributed by atoms with Crippen molar-refractivity contribution in [3.63, 3.8) is 0 Å². The summed E-state index contributed by atoms with van der Waals surface area (Å²) in [4.78, 5) is 12.0. The van der Waals surface area contributed by atoms with Gasteiger partial charge in [-0.25, -0.2) is 0 Å². The molecule has 0 unspecified atom stereocenters. The maximum Gasteiger partial charge on any atom is 0.259 e. The van der Waals surface area contributed by atoms with E-state index in [4.69, 9.17) is 4.74 Å². The van der Waals surface area contributed by atoms with Crippen molar-refractivity contribution in [2.24, 2.45) is 7.05 Å². The van der Waals surface area contributed by atoms with E-state index in [1.165, 1.54) is 0 Å². The number of ether oxygens (including phenoxy) is 1. The van der Waals surface area contributed by atoms with Crippen LogP contribution in [-0.2, 0) is 18.5 Å². The van der Waals surface area contributed by atoms with Crippen LogP contribution in [-0.4, -0.2) is 23.8 Å². The fourth-order valence-electron chi connectivity index (χ4n) is 1.98. The zero-order chi connectivity index (χ0) is 14.9. The van der Waals surface area contributed by atoms with Crippen molar-refractivity contribution in [2.45, 2.75) is 32.4 Å². The smallest absolute Gasteiger partial charge is 0.259 e. The first-order valence-electron chi connectivity index (χ1n) is 6.70. The quantitative estimate of drug-likeness (QED) is 0.607. The second kappa shape index (κ2) is 5.87. The Bertz CT molecular complexity index is 670. The van der Waals surface area contributed by atoms with Gasteiger partial charge in [-0.3, -0.25) is 4.79 Å². The molecule has 2 heterocycles. The molecule has 0 atom stereocenters. The molecule has 0 bridgehead atoms. The standard InChI is InChI=1S/C14H21BrN2O2Si/c1-16-9-13(15)11-7-17(8-12(11)14(16)18)10-19-5-6-20(2,3)4/h7-9H,5-6,10H2,1-4H3. The maximum atomic E-state index is 12.0. The molecule has 2 rings (SSSR count). The third-order valence-corrected chi connectivity index (χ3v) is 5.57. The summed E-state index contributed by atoms with van der Waals surface area (Å²) < 4.78 is 10.2. The number of aryl methyl sites for hydroxylation is 1. The predicted octanol–water partition coefficient (Wildman–Crippen LogP) is 3.41. The van der Waals surface area contributed by atoms with E-state index in [1.54, 1.807) is 17.8 Å². The van der Waals surface area contributed by atoms with Crippen LogP contribution < -0.4 is 5.56 Å². The van der Waals surface area contributed by atoms with E-state index in [1.807, 2.05) is 17.0 Å². The van der Waals surface area contributed by atoms with Gasteiger partial charge >= 0.3 is 0 Å². The van der Waals surface area contributed by atoms with Gasteiger partial charge in [-0.1, -0.05) is 19.6 Å². The van der Waals surface area contributed by atoms with Crippen molar-refractivity contribution in [1.29, 1.82) is 0 Å². The number of aromatic nitrogens is 2. The molecule has 0 amide bonds. The molecule has 110 valence electrons. The maximum absolute atomic E-state index is 12.0. The van der Waals surface area contributed by atoms with E-state index in [0.717, 1.165) is 27.9 Å². The van der Waals surface area contributed by atoms with Crippen molar-refractivity contribution in [2.75, 3.05) is 6.61 Å². The summed E-state index contributed by atoms with van der Waals surface area (Å²) >= 11 is 3.49. The molecule has 20 heavy (non-hydrogen) atoms. The molecule has 0 N–H and O–H groups in total. The first-order chi connectivity index (χ1) is 9.28. The van der Waals surface area contributed by atoms with Crippen LogP contribution in [0.4, 0.5) is 0 Å². The van der Waals surface area contributed by atoms with Gasteiger partial charge in [0.05, 0.1) is 5.39 Å². The summed E-state index contributed by atoms with van der Waals surface area (Å²) in [6, 6.07) is 1.15. The molecule has 0 radical (unpaired) electrons. The van der Waals surface area contributed by atoms with Crippen LogP contribution in [0, 0.1) is 0 Å². The van der Waals surface area contributed by atoms with E-state index in [2.05, 4.69) is 35.6 Å². The van der Waals surface area contributed by atoms with E-state index >= 15 is 0 Å². The number of nitrogens with zero attached hydrogens (tertiary/aromatic N) is 2. The summed E-state index contributed by atoms with van der Waals surface area (Å²) in [6.07, 6.45) is 5.60. The Balaban J connectivity index is 2.11. The van der Waals surface area contributed by atoms with Crippen molar-refractivity contribution in [1.82, 2.24) is 9.13 Å². The second-order valence-corrected chi connectivity index (χ2v) is 12.8. The zero-order valence-electron chi connectivity index (χ0n) is 12.4. The Morgan fingerprint density at radius 1 is 1.20 bits per heavy atom. The molecule has 0 aliphatic heterocycles. The summed E-state index contributed by atoms with van der Waals surface area (Å²) in [6.45, 7) is 8.28. The number of fused-ring (bicyclic) bond motifs is 1. The SMILES string of the molecule is Cn1cc(Br)c2cn(COCC[Si](C)(C)C)cc2c1=O. The number of pyridine rings is 1. The molecule has 4 nitrogen and oxygen atoms in total. The summed E-state index contributed by atoms with van der Waals surface area (Å²) in [5, 5.41) is 1.65. The third kappa shape index (κ3) is 3.62. The van der Waals surface area contributed by atoms with Gasteiger partial charge in [-0.05, 0) is 22.0 Å². The Labute approximate surface area is 128 Å². The number of hydrogen-bond donors (Lipinski definition) is 0. The van der Waals surface area contributed by atoms with Crippen LogP contribution in [0.25, 0.3) is 10.8 Å².